The van der Waals surface area contributed by atoms with Crippen LogP contribution in [0.2, 0.25) is 0 Å². The zero-order valence-corrected chi connectivity index (χ0v) is 13.6. The number of hydrogen-bond acceptors (Lipinski definition) is 0. The van der Waals surface area contributed by atoms with Gasteiger partial charge in [0, 0.05) is 0 Å². The first-order valence-corrected chi connectivity index (χ1v) is 4.45. The average Bonchev–Trinajstić information content (AvgIpc) is 2.03. The van der Waals surface area contributed by atoms with Gasteiger partial charge >= 0.3 is 31.1 Å². The Morgan fingerprint density at radius 3 is 1.93 bits per heavy atom. The molecule has 74 valence electrons. The first-order valence-electron chi connectivity index (χ1n) is 4.45. The number of benzene rings is 1. The van der Waals surface area contributed by atoms with Crippen molar-refractivity contribution in [2.24, 2.45) is 5.41 Å². The van der Waals surface area contributed by atoms with Crippen LogP contribution in [0.25, 0.3) is 6.08 Å². The maximum Gasteiger partial charge on any atom is 2.00 e. The van der Waals surface area contributed by atoms with Gasteiger partial charge in [0.1, 0.15) is 0 Å². The molecule has 1 aromatic carbocycles. The van der Waals surface area contributed by atoms with Crippen molar-refractivity contribution in [3.63, 3.8) is 0 Å². The van der Waals surface area contributed by atoms with Crippen molar-refractivity contribution in [3.8, 4) is 0 Å². The maximum absolute atomic E-state index is 5.19. The molecule has 1 rings (SSSR count). The molecule has 0 aromatic heterocycles. The van der Waals surface area contributed by atoms with Crippen molar-refractivity contribution in [3.05, 3.63) is 42.5 Å². The Balaban J connectivity index is 0. The standard InChI is InChI=1S/C8H6.C5H12.U/c1-2-8-6-4-3-5-7-8;1-5(2,3)4;/h1-6H;1-4H3;/q-2;;+2. The van der Waals surface area contributed by atoms with Gasteiger partial charge in [0.2, 0.25) is 0 Å². The molecule has 0 nitrogen and oxygen atoms in total. The minimum absolute atomic E-state index is 0. The molecule has 0 heterocycles. The van der Waals surface area contributed by atoms with Crippen LogP contribution in [0.3, 0.4) is 0 Å². The van der Waals surface area contributed by atoms with Crippen molar-refractivity contribution in [1.29, 1.82) is 0 Å². The zero-order valence-electron chi connectivity index (χ0n) is 9.46. The molecule has 1 aromatic rings. The van der Waals surface area contributed by atoms with E-state index in [9.17, 15) is 0 Å². The minimum Gasteiger partial charge on any atom is -0.344 e. The molecular weight excluding hydrogens is 394 g/mol. The van der Waals surface area contributed by atoms with Gasteiger partial charge in [-0.2, -0.15) is 12.1 Å². The summed E-state index contributed by atoms with van der Waals surface area (Å²) in [4.78, 5) is 0. The SMILES string of the molecule is CC(C)(C)C.[CH-]=Cc1[c-]cccc1.[U+2]. The van der Waals surface area contributed by atoms with Crippen LogP contribution in [0.5, 0.6) is 0 Å². The van der Waals surface area contributed by atoms with E-state index in [1.165, 1.54) is 6.08 Å². The molecule has 0 saturated heterocycles. The van der Waals surface area contributed by atoms with Crippen molar-refractivity contribution in [2.45, 2.75) is 27.7 Å². The van der Waals surface area contributed by atoms with Gasteiger partial charge < -0.3 is 18.2 Å². The molecule has 0 saturated carbocycles. The van der Waals surface area contributed by atoms with Gasteiger partial charge in [-0.3, -0.25) is 0 Å². The molecule has 0 bridgehead atoms. The van der Waals surface area contributed by atoms with E-state index in [0.29, 0.717) is 5.41 Å². The number of hydrogen-bond donors (Lipinski definition) is 0. The molecule has 0 aliphatic heterocycles. The van der Waals surface area contributed by atoms with Crippen LogP contribution < -0.4 is 0 Å². The molecule has 0 aliphatic carbocycles. The fourth-order valence-electron chi connectivity index (χ4n) is 0.511. The van der Waals surface area contributed by atoms with E-state index in [1.807, 2.05) is 24.3 Å². The summed E-state index contributed by atoms with van der Waals surface area (Å²) in [6.45, 7) is 13.9. The van der Waals surface area contributed by atoms with Gasteiger partial charge in [0.15, 0.2) is 0 Å². The fraction of sp³-hybridized carbons (Fsp3) is 0.385. The Kier molecular flexibility index (Phi) is 9.78. The van der Waals surface area contributed by atoms with E-state index in [1.54, 1.807) is 0 Å². The summed E-state index contributed by atoms with van der Waals surface area (Å²) in [5, 5.41) is 0. The monoisotopic (exact) mass is 412 g/mol. The Morgan fingerprint density at radius 2 is 1.71 bits per heavy atom. The van der Waals surface area contributed by atoms with Crippen molar-refractivity contribution in [2.75, 3.05) is 0 Å². The quantitative estimate of drug-likeness (QED) is 0.613. The molecule has 0 N–H and O–H groups in total. The van der Waals surface area contributed by atoms with E-state index in [0.717, 1.165) is 5.56 Å². The molecule has 0 aliphatic rings. The van der Waals surface area contributed by atoms with Crippen LogP contribution in [0.15, 0.2) is 24.3 Å². The molecule has 0 atom stereocenters. The van der Waals surface area contributed by atoms with Gasteiger partial charge in [-0.25, -0.2) is 12.1 Å². The predicted molar refractivity (Wildman–Crippen MR) is 59.2 cm³/mol. The van der Waals surface area contributed by atoms with Crippen LogP contribution in [0.1, 0.15) is 33.3 Å². The summed E-state index contributed by atoms with van der Waals surface area (Å²) >= 11 is 0. The molecule has 14 heavy (non-hydrogen) atoms. The van der Waals surface area contributed by atoms with Crippen LogP contribution in [-0.2, 0) is 0 Å². The van der Waals surface area contributed by atoms with Crippen LogP contribution in [0.4, 0.5) is 0 Å². The van der Waals surface area contributed by atoms with E-state index in [2.05, 4.69) is 33.8 Å². The topological polar surface area (TPSA) is 0 Å². The third kappa shape index (κ3) is 14.5. The Bertz CT molecular complexity index is 225. The second-order valence-corrected chi connectivity index (χ2v) is 4.48. The van der Waals surface area contributed by atoms with E-state index < -0.39 is 0 Å². The summed E-state index contributed by atoms with van der Waals surface area (Å²) in [6, 6.07) is 10.5. The normalized spacial score (nSPS) is 9.14. The molecule has 0 spiro atoms. The second-order valence-electron chi connectivity index (χ2n) is 4.48. The summed E-state index contributed by atoms with van der Waals surface area (Å²) in [6.07, 6.45) is 1.53. The Hall–Kier alpha value is 0.0119. The summed E-state index contributed by atoms with van der Waals surface area (Å²) in [5.41, 5.74) is 1.44. The summed E-state index contributed by atoms with van der Waals surface area (Å²) in [7, 11) is 0. The molecule has 0 amide bonds. The first-order chi connectivity index (χ1) is 5.93. The van der Waals surface area contributed by atoms with Crippen molar-refractivity contribution in [1.82, 2.24) is 0 Å². The average molecular weight is 412 g/mol. The van der Waals surface area contributed by atoms with Crippen LogP contribution in [0, 0.1) is 49.2 Å². The number of rotatable bonds is 1. The van der Waals surface area contributed by atoms with Gasteiger partial charge in [-0.15, -0.1) is 6.07 Å². The van der Waals surface area contributed by atoms with Gasteiger partial charge in [0.05, 0.1) is 0 Å². The van der Waals surface area contributed by atoms with E-state index in [-0.39, 0.29) is 31.1 Å². The molecule has 1 heteroatoms. The van der Waals surface area contributed by atoms with Crippen molar-refractivity contribution < 1.29 is 31.1 Å². The molecule has 0 radical (unpaired) electrons. The third-order valence-corrected chi connectivity index (χ3v) is 0.913. The summed E-state index contributed by atoms with van der Waals surface area (Å²) < 4.78 is 0. The fourth-order valence-corrected chi connectivity index (χ4v) is 0.511. The molecular formula is C13H18U. The van der Waals surface area contributed by atoms with Gasteiger partial charge in [-0.1, -0.05) is 27.7 Å². The van der Waals surface area contributed by atoms with E-state index in [4.69, 9.17) is 6.58 Å². The zero-order chi connectivity index (χ0) is 10.3. The largest absolute Gasteiger partial charge is 2.00 e. The summed E-state index contributed by atoms with van der Waals surface area (Å²) in [5.74, 6) is 0. The second kappa shape index (κ2) is 8.33. The molecule has 0 fully saturated rings. The predicted octanol–water partition coefficient (Wildman–Crippen LogP) is 3.99. The maximum atomic E-state index is 5.19. The third-order valence-electron chi connectivity index (χ3n) is 0.913. The van der Waals surface area contributed by atoms with Crippen LogP contribution >= 0.6 is 0 Å². The first kappa shape index (κ1) is 16.4. The molecule has 0 unspecified atom stereocenters. The van der Waals surface area contributed by atoms with Gasteiger partial charge in [-0.05, 0) is 5.41 Å². The Morgan fingerprint density at radius 1 is 1.21 bits per heavy atom. The van der Waals surface area contributed by atoms with E-state index >= 15 is 0 Å². The smallest absolute Gasteiger partial charge is 0.344 e. The minimum atomic E-state index is 0. The van der Waals surface area contributed by atoms with Crippen LogP contribution in [-0.4, -0.2) is 0 Å². The van der Waals surface area contributed by atoms with Gasteiger partial charge in [0.25, 0.3) is 0 Å². The Labute approximate surface area is 112 Å². The van der Waals surface area contributed by atoms with Crippen molar-refractivity contribution >= 4 is 6.08 Å².